The Balaban J connectivity index is 1.21. The third-order valence-corrected chi connectivity index (χ3v) is 8.55. The summed E-state index contributed by atoms with van der Waals surface area (Å²) in [5, 5.41) is 0.800. The lowest BCUT2D eigenvalue weighted by atomic mass is 9.87. The van der Waals surface area contributed by atoms with Crippen LogP contribution in [0.25, 0.3) is 28.7 Å². The normalized spacial score (nSPS) is 15.7. The Morgan fingerprint density at radius 1 is 0.628 bits per heavy atom. The van der Waals surface area contributed by atoms with Crippen LogP contribution in [0.1, 0.15) is 56.7 Å². The molecule has 0 spiro atoms. The van der Waals surface area contributed by atoms with Crippen molar-refractivity contribution < 1.29 is 14.0 Å². The second-order valence-electron chi connectivity index (χ2n) is 11.1. The number of carbonyl (C=O) groups is 2. The molecule has 0 amide bonds. The number of nitrogens with zero attached hydrogens (tertiary/aromatic N) is 1. The Bertz CT molecular complexity index is 2090. The van der Waals surface area contributed by atoms with Crippen LogP contribution in [-0.2, 0) is 0 Å². The molecule has 0 saturated heterocycles. The molecule has 8 rings (SSSR count). The van der Waals surface area contributed by atoms with E-state index in [0.29, 0.717) is 40.7 Å². The second-order valence-corrected chi connectivity index (χ2v) is 11.1. The maximum Gasteiger partial charge on any atom is 0.343 e. The van der Waals surface area contributed by atoms with Crippen LogP contribution in [0.5, 0.6) is 0 Å². The second kappa shape index (κ2) is 9.78. The van der Waals surface area contributed by atoms with Crippen LogP contribution in [0.3, 0.4) is 0 Å². The molecule has 206 valence electrons. The maximum atomic E-state index is 13.4. The van der Waals surface area contributed by atoms with Gasteiger partial charge in [-0.25, -0.2) is 4.79 Å². The number of Topliss-reactive ketones (excluding diaryl/α,β-unsaturated/α-hetero) is 2. The minimum atomic E-state index is -0.437. The summed E-state index contributed by atoms with van der Waals surface area (Å²) in [4.78, 5) is 41.9. The largest absolute Gasteiger partial charge is 0.422 e. The fourth-order valence-electron chi connectivity index (χ4n) is 6.49. The molecule has 0 unspecified atom stereocenters. The summed E-state index contributed by atoms with van der Waals surface area (Å²) in [5.74, 6) is -0.476. The van der Waals surface area contributed by atoms with Crippen molar-refractivity contribution in [2.45, 2.75) is 19.3 Å². The smallest absolute Gasteiger partial charge is 0.343 e. The summed E-state index contributed by atoms with van der Waals surface area (Å²) in [5.41, 5.74) is 8.24. The van der Waals surface area contributed by atoms with Crippen LogP contribution in [-0.4, -0.2) is 11.6 Å². The number of carbonyl (C=O) groups excluding carboxylic acids is 2. The molecule has 2 heterocycles. The summed E-state index contributed by atoms with van der Waals surface area (Å²) in [7, 11) is 0. The predicted molar refractivity (Wildman–Crippen MR) is 170 cm³/mol. The van der Waals surface area contributed by atoms with Gasteiger partial charge < -0.3 is 9.32 Å². The zero-order valence-corrected chi connectivity index (χ0v) is 23.2. The summed E-state index contributed by atoms with van der Waals surface area (Å²) < 4.78 is 5.95. The van der Waals surface area contributed by atoms with E-state index in [2.05, 4.69) is 41.3 Å². The molecule has 0 saturated carbocycles. The molecular formula is C38H25NO4. The van der Waals surface area contributed by atoms with Crippen molar-refractivity contribution in [2.75, 3.05) is 4.90 Å². The molecule has 1 aliphatic heterocycles. The Hall–Kier alpha value is -5.55. The van der Waals surface area contributed by atoms with E-state index in [4.69, 9.17) is 4.42 Å². The number of fused-ring (bicyclic) bond motifs is 4. The SMILES string of the molecule is O=C1C(=C2C=C(c3cc4ccc(N5c6ccccc6C=Cc6ccccc65)cc4oc3=O)CCC2)C(=O)c2ccccc21. The maximum absolute atomic E-state index is 13.4. The van der Waals surface area contributed by atoms with Crippen LogP contribution in [0.4, 0.5) is 17.1 Å². The van der Waals surface area contributed by atoms with Gasteiger partial charge in [-0.2, -0.15) is 0 Å². The lowest BCUT2D eigenvalue weighted by Gasteiger charge is -2.27. The van der Waals surface area contributed by atoms with Gasteiger partial charge in [-0.05, 0) is 71.9 Å². The van der Waals surface area contributed by atoms with Crippen molar-refractivity contribution >= 4 is 57.3 Å². The highest BCUT2D eigenvalue weighted by atomic mass is 16.4. The molecule has 5 aromatic rings. The molecule has 0 fully saturated rings. The van der Waals surface area contributed by atoms with Gasteiger partial charge in [-0.15, -0.1) is 0 Å². The van der Waals surface area contributed by atoms with Crippen molar-refractivity contribution in [1.29, 1.82) is 0 Å². The van der Waals surface area contributed by atoms with E-state index in [9.17, 15) is 14.4 Å². The molecule has 1 aromatic heterocycles. The quantitative estimate of drug-likeness (QED) is 0.121. The summed E-state index contributed by atoms with van der Waals surface area (Å²) >= 11 is 0. The summed E-state index contributed by atoms with van der Waals surface area (Å²) in [6.07, 6.45) is 8.10. The number of rotatable bonds is 2. The number of allylic oxidation sites excluding steroid dienone is 4. The monoisotopic (exact) mass is 559 g/mol. The first-order valence-electron chi connectivity index (χ1n) is 14.4. The number of hydrogen-bond donors (Lipinski definition) is 0. The van der Waals surface area contributed by atoms with E-state index >= 15 is 0 Å². The van der Waals surface area contributed by atoms with E-state index < -0.39 is 5.63 Å². The molecule has 2 aliphatic carbocycles. The molecule has 3 aliphatic rings. The van der Waals surface area contributed by atoms with Gasteiger partial charge in [0.15, 0.2) is 11.6 Å². The van der Waals surface area contributed by atoms with E-state index in [-0.39, 0.29) is 17.1 Å². The van der Waals surface area contributed by atoms with E-state index in [1.807, 2.05) is 54.6 Å². The number of hydrogen-bond acceptors (Lipinski definition) is 5. The first-order chi connectivity index (χ1) is 21.1. The molecule has 5 heteroatoms. The Kier molecular flexibility index (Phi) is 5.73. The van der Waals surface area contributed by atoms with Crippen LogP contribution >= 0.6 is 0 Å². The van der Waals surface area contributed by atoms with Crippen molar-refractivity contribution in [1.82, 2.24) is 0 Å². The van der Waals surface area contributed by atoms with Crippen LogP contribution in [0.15, 0.2) is 123 Å². The van der Waals surface area contributed by atoms with Crippen LogP contribution in [0, 0.1) is 0 Å². The number of benzene rings is 4. The first-order valence-corrected chi connectivity index (χ1v) is 14.4. The van der Waals surface area contributed by atoms with Crippen LogP contribution in [0.2, 0.25) is 0 Å². The van der Waals surface area contributed by atoms with E-state index in [1.165, 1.54) is 0 Å². The Morgan fingerprint density at radius 2 is 1.26 bits per heavy atom. The molecule has 4 aromatic carbocycles. The third-order valence-electron chi connectivity index (χ3n) is 8.55. The predicted octanol–water partition coefficient (Wildman–Crippen LogP) is 8.69. The lowest BCUT2D eigenvalue weighted by Crippen LogP contribution is -2.13. The highest BCUT2D eigenvalue weighted by Gasteiger charge is 2.35. The van der Waals surface area contributed by atoms with Crippen LogP contribution < -0.4 is 10.5 Å². The van der Waals surface area contributed by atoms with Gasteiger partial charge in [0.2, 0.25) is 0 Å². The molecule has 0 bridgehead atoms. The van der Waals surface area contributed by atoms with Gasteiger partial charge >= 0.3 is 5.63 Å². The fraction of sp³-hybridized carbons (Fsp3) is 0.0789. The molecular weight excluding hydrogens is 534 g/mol. The summed E-state index contributed by atoms with van der Waals surface area (Å²) in [6, 6.07) is 31.2. The molecule has 5 nitrogen and oxygen atoms in total. The van der Waals surface area contributed by atoms with E-state index in [0.717, 1.165) is 45.6 Å². The van der Waals surface area contributed by atoms with Crippen molar-refractivity contribution in [3.63, 3.8) is 0 Å². The van der Waals surface area contributed by atoms with Gasteiger partial charge in [0.25, 0.3) is 0 Å². The number of anilines is 3. The highest BCUT2D eigenvalue weighted by Crippen LogP contribution is 2.43. The average molecular weight is 560 g/mol. The fourth-order valence-corrected chi connectivity index (χ4v) is 6.49. The highest BCUT2D eigenvalue weighted by molar-refractivity contribution is 6.40. The number of ketones is 2. The molecule has 0 N–H and O–H groups in total. The van der Waals surface area contributed by atoms with Crippen molar-refractivity contribution in [2.24, 2.45) is 0 Å². The van der Waals surface area contributed by atoms with Gasteiger partial charge in [0, 0.05) is 28.3 Å². The Labute approximate surface area is 247 Å². The van der Waals surface area contributed by atoms with Gasteiger partial charge in [0.1, 0.15) is 5.58 Å². The summed E-state index contributed by atoms with van der Waals surface area (Å²) in [6.45, 7) is 0. The minimum absolute atomic E-state index is 0.223. The lowest BCUT2D eigenvalue weighted by molar-refractivity contribution is 0.0987. The van der Waals surface area contributed by atoms with E-state index in [1.54, 1.807) is 24.3 Å². The Morgan fingerprint density at radius 3 is 1.93 bits per heavy atom. The number of para-hydroxylation sites is 2. The molecule has 43 heavy (non-hydrogen) atoms. The van der Waals surface area contributed by atoms with Gasteiger partial charge in [-0.3, -0.25) is 9.59 Å². The minimum Gasteiger partial charge on any atom is -0.422 e. The first kappa shape index (κ1) is 25.2. The van der Waals surface area contributed by atoms with Gasteiger partial charge in [-0.1, -0.05) is 78.9 Å². The molecule has 0 atom stereocenters. The van der Waals surface area contributed by atoms with Crippen molar-refractivity contribution in [3.8, 4) is 0 Å². The zero-order chi connectivity index (χ0) is 29.1. The zero-order valence-electron chi connectivity index (χ0n) is 23.2. The van der Waals surface area contributed by atoms with Gasteiger partial charge in [0.05, 0.1) is 22.5 Å². The van der Waals surface area contributed by atoms with Crippen molar-refractivity contribution in [3.05, 3.63) is 153 Å². The standard InChI is InChI=1S/C38H25NO4/c40-36-29-12-3-4-13-30(29)37(41)35(36)27-11-7-10-25(20-27)31-21-26-18-19-28(22-34(26)43-38(31)42)39-32-14-5-1-8-23(32)16-17-24-9-2-6-15-33(24)39/h1-6,8-9,12-22H,7,10-11H2. The topological polar surface area (TPSA) is 67.6 Å². The third kappa shape index (κ3) is 4.04. The molecule has 0 radical (unpaired) electrons. The average Bonchev–Trinajstić information content (AvgIpc) is 3.18.